The molecule has 0 aliphatic heterocycles. The Morgan fingerprint density at radius 1 is 1.44 bits per heavy atom. The van der Waals surface area contributed by atoms with Crippen LogP contribution in [0.25, 0.3) is 10.9 Å². The van der Waals surface area contributed by atoms with Crippen LogP contribution in [0, 0.1) is 0 Å². The maximum atomic E-state index is 5.77. The highest BCUT2D eigenvalue weighted by Gasteiger charge is 2.10. The zero-order chi connectivity index (χ0) is 11.5. The molecule has 4 heteroatoms. The quantitative estimate of drug-likeness (QED) is 0.803. The number of benzene rings is 1. The lowest BCUT2D eigenvalue weighted by Crippen LogP contribution is -1.99. The van der Waals surface area contributed by atoms with Crippen molar-refractivity contribution in [3.63, 3.8) is 0 Å². The number of unbranched alkanes of at least 4 members (excludes halogenated alkanes) is 1. The Morgan fingerprint density at radius 2 is 2.25 bits per heavy atom. The number of rotatable bonds is 4. The lowest BCUT2D eigenvalue weighted by atomic mass is 10.2. The zero-order valence-corrected chi connectivity index (χ0v) is 11.1. The molecule has 86 valence electrons. The minimum absolute atomic E-state index is 0.762. The lowest BCUT2D eigenvalue weighted by molar-refractivity contribution is 0.311. The van der Waals surface area contributed by atoms with Crippen LogP contribution in [0.15, 0.2) is 22.8 Å². The molecule has 0 saturated heterocycles. The fourth-order valence-electron chi connectivity index (χ4n) is 1.70. The van der Waals surface area contributed by atoms with Gasteiger partial charge in [0.05, 0.1) is 6.61 Å². The average Bonchev–Trinajstić information content (AvgIpc) is 2.56. The third-order valence-electron chi connectivity index (χ3n) is 2.54. The molecule has 1 aromatic heterocycles. The fraction of sp³-hybridized carbons (Fsp3) is 0.417. The summed E-state index contributed by atoms with van der Waals surface area (Å²) in [6, 6.07) is 6.03. The molecule has 0 saturated carbocycles. The lowest BCUT2D eigenvalue weighted by Gasteiger charge is -2.07. The van der Waals surface area contributed by atoms with Crippen molar-refractivity contribution in [2.24, 2.45) is 7.05 Å². The Morgan fingerprint density at radius 3 is 3.00 bits per heavy atom. The number of hydrogen-bond acceptors (Lipinski definition) is 2. The molecule has 3 nitrogen and oxygen atoms in total. The van der Waals surface area contributed by atoms with Crippen LogP contribution in [0.3, 0.4) is 0 Å². The first-order valence-electron chi connectivity index (χ1n) is 5.48. The summed E-state index contributed by atoms with van der Waals surface area (Å²) < 4.78 is 8.49. The number of nitrogens with zero attached hydrogens (tertiary/aromatic N) is 2. The van der Waals surface area contributed by atoms with Crippen molar-refractivity contribution in [3.05, 3.63) is 22.8 Å². The van der Waals surface area contributed by atoms with Crippen LogP contribution in [0.4, 0.5) is 0 Å². The van der Waals surface area contributed by atoms with E-state index in [2.05, 4.69) is 28.0 Å². The summed E-state index contributed by atoms with van der Waals surface area (Å²) in [7, 11) is 1.93. The normalized spacial score (nSPS) is 10.9. The SMILES string of the molecule is CCCCOc1cccc2c(Br)nn(C)c12. The van der Waals surface area contributed by atoms with Gasteiger partial charge < -0.3 is 4.74 Å². The van der Waals surface area contributed by atoms with Crippen LogP contribution >= 0.6 is 15.9 Å². The van der Waals surface area contributed by atoms with Gasteiger partial charge in [0, 0.05) is 12.4 Å². The Hall–Kier alpha value is -1.03. The Balaban J connectivity index is 2.37. The summed E-state index contributed by atoms with van der Waals surface area (Å²) in [6.45, 7) is 2.92. The van der Waals surface area contributed by atoms with Gasteiger partial charge in [0.15, 0.2) is 0 Å². The van der Waals surface area contributed by atoms with E-state index < -0.39 is 0 Å². The molecule has 0 bridgehead atoms. The van der Waals surface area contributed by atoms with Crippen LogP contribution in [-0.2, 0) is 7.05 Å². The topological polar surface area (TPSA) is 27.1 Å². The molecule has 0 atom stereocenters. The van der Waals surface area contributed by atoms with Crippen molar-refractivity contribution < 1.29 is 4.74 Å². The van der Waals surface area contributed by atoms with Crippen molar-refractivity contribution in [1.29, 1.82) is 0 Å². The second-order valence-electron chi connectivity index (χ2n) is 3.77. The monoisotopic (exact) mass is 282 g/mol. The maximum Gasteiger partial charge on any atom is 0.145 e. The van der Waals surface area contributed by atoms with Gasteiger partial charge in [-0.3, -0.25) is 4.68 Å². The highest BCUT2D eigenvalue weighted by Crippen LogP contribution is 2.30. The molecule has 0 aliphatic carbocycles. The van der Waals surface area contributed by atoms with Gasteiger partial charge in [-0.2, -0.15) is 5.10 Å². The van der Waals surface area contributed by atoms with Gasteiger partial charge in [-0.1, -0.05) is 19.4 Å². The number of fused-ring (bicyclic) bond motifs is 1. The van der Waals surface area contributed by atoms with E-state index in [0.717, 1.165) is 40.7 Å². The molecule has 0 unspecified atom stereocenters. The number of hydrogen-bond donors (Lipinski definition) is 0. The molecule has 0 N–H and O–H groups in total. The van der Waals surface area contributed by atoms with Crippen LogP contribution in [-0.4, -0.2) is 16.4 Å². The van der Waals surface area contributed by atoms with E-state index >= 15 is 0 Å². The van der Waals surface area contributed by atoms with Crippen molar-refractivity contribution in [2.45, 2.75) is 19.8 Å². The number of ether oxygens (including phenoxy) is 1. The summed E-state index contributed by atoms with van der Waals surface area (Å²) >= 11 is 3.45. The first-order valence-corrected chi connectivity index (χ1v) is 6.27. The number of halogens is 1. The smallest absolute Gasteiger partial charge is 0.145 e. The van der Waals surface area contributed by atoms with Crippen molar-refractivity contribution in [2.75, 3.05) is 6.61 Å². The molecule has 1 heterocycles. The van der Waals surface area contributed by atoms with Crippen LogP contribution in [0.1, 0.15) is 19.8 Å². The second kappa shape index (κ2) is 4.87. The summed E-state index contributed by atoms with van der Waals surface area (Å²) in [6.07, 6.45) is 2.22. The van der Waals surface area contributed by atoms with Crippen molar-refractivity contribution in [3.8, 4) is 5.75 Å². The number of aryl methyl sites for hydroxylation is 1. The van der Waals surface area contributed by atoms with E-state index in [4.69, 9.17) is 4.74 Å². The molecule has 2 rings (SSSR count). The van der Waals surface area contributed by atoms with Gasteiger partial charge in [0.1, 0.15) is 15.9 Å². The fourth-order valence-corrected chi connectivity index (χ4v) is 2.26. The van der Waals surface area contributed by atoms with E-state index in [1.807, 2.05) is 29.9 Å². The van der Waals surface area contributed by atoms with E-state index in [9.17, 15) is 0 Å². The Labute approximate surface area is 104 Å². The summed E-state index contributed by atoms with van der Waals surface area (Å²) in [4.78, 5) is 0. The van der Waals surface area contributed by atoms with E-state index in [0.29, 0.717) is 0 Å². The summed E-state index contributed by atoms with van der Waals surface area (Å²) in [5, 5.41) is 5.43. The molecule has 0 spiro atoms. The summed E-state index contributed by atoms with van der Waals surface area (Å²) in [5.74, 6) is 0.909. The van der Waals surface area contributed by atoms with Gasteiger partial charge >= 0.3 is 0 Å². The third kappa shape index (κ3) is 2.07. The van der Waals surface area contributed by atoms with Crippen molar-refractivity contribution in [1.82, 2.24) is 9.78 Å². The number of aromatic nitrogens is 2. The predicted octanol–water partition coefficient (Wildman–Crippen LogP) is 3.51. The highest BCUT2D eigenvalue weighted by molar-refractivity contribution is 9.10. The molecule has 0 fully saturated rings. The Kier molecular flexibility index (Phi) is 3.49. The molecular formula is C12H15BrN2O. The standard InChI is InChI=1S/C12H15BrN2O/c1-3-4-8-16-10-7-5-6-9-11(10)15(2)14-12(9)13/h5-7H,3-4,8H2,1-2H3. The second-order valence-corrected chi connectivity index (χ2v) is 4.52. The molecule has 2 aromatic rings. The van der Waals surface area contributed by atoms with Crippen molar-refractivity contribution >= 4 is 26.8 Å². The first-order chi connectivity index (χ1) is 7.74. The minimum Gasteiger partial charge on any atom is -0.491 e. The van der Waals surface area contributed by atoms with Gasteiger partial charge in [0.2, 0.25) is 0 Å². The zero-order valence-electron chi connectivity index (χ0n) is 9.53. The van der Waals surface area contributed by atoms with E-state index in [1.54, 1.807) is 0 Å². The molecular weight excluding hydrogens is 268 g/mol. The van der Waals surface area contributed by atoms with Crippen LogP contribution in [0.2, 0.25) is 0 Å². The molecule has 0 radical (unpaired) electrons. The number of para-hydroxylation sites is 1. The van der Waals surface area contributed by atoms with Gasteiger partial charge in [-0.25, -0.2) is 0 Å². The minimum atomic E-state index is 0.762. The Bertz CT molecular complexity index is 493. The molecule has 1 aromatic carbocycles. The molecule has 16 heavy (non-hydrogen) atoms. The maximum absolute atomic E-state index is 5.77. The summed E-state index contributed by atoms with van der Waals surface area (Å²) in [5.41, 5.74) is 1.05. The first kappa shape index (κ1) is 11.5. The van der Waals surface area contributed by atoms with Gasteiger partial charge in [-0.15, -0.1) is 0 Å². The van der Waals surface area contributed by atoms with Gasteiger partial charge in [0.25, 0.3) is 0 Å². The van der Waals surface area contributed by atoms with Crippen LogP contribution < -0.4 is 4.74 Å². The molecule has 0 aliphatic rings. The average molecular weight is 283 g/mol. The van der Waals surface area contributed by atoms with E-state index in [1.165, 1.54) is 0 Å². The highest BCUT2D eigenvalue weighted by atomic mass is 79.9. The van der Waals surface area contributed by atoms with Crippen LogP contribution in [0.5, 0.6) is 5.75 Å². The predicted molar refractivity (Wildman–Crippen MR) is 68.8 cm³/mol. The van der Waals surface area contributed by atoms with Gasteiger partial charge in [-0.05, 0) is 34.5 Å². The third-order valence-corrected chi connectivity index (χ3v) is 3.12. The largest absolute Gasteiger partial charge is 0.491 e. The van der Waals surface area contributed by atoms with E-state index in [-0.39, 0.29) is 0 Å². The molecule has 0 amide bonds.